The van der Waals surface area contributed by atoms with Crippen molar-refractivity contribution in [1.29, 1.82) is 0 Å². The van der Waals surface area contributed by atoms with Gasteiger partial charge in [0.15, 0.2) is 0 Å². The number of nitrogens with zero attached hydrogens (tertiary/aromatic N) is 3. The summed E-state index contributed by atoms with van der Waals surface area (Å²) in [7, 11) is 0. The second kappa shape index (κ2) is 3.06. The minimum Gasteiger partial charge on any atom is -0.481 e. The Hall–Kier alpha value is -2.37. The molecule has 2 N–H and O–H groups in total. The van der Waals surface area contributed by atoms with E-state index in [9.17, 15) is 4.79 Å². The maximum Gasteiger partial charge on any atom is 0.309 e. The minimum absolute atomic E-state index is 0.0592. The van der Waals surface area contributed by atoms with Crippen molar-refractivity contribution in [2.45, 2.75) is 6.42 Å². The number of H-pyrrole nitrogens is 1. The largest absolute Gasteiger partial charge is 0.481 e. The molecule has 6 heteroatoms. The first-order valence-electron chi connectivity index (χ1n) is 4.76. The van der Waals surface area contributed by atoms with Crippen molar-refractivity contribution in [3.8, 4) is 0 Å². The molecule has 16 heavy (non-hydrogen) atoms. The lowest BCUT2D eigenvalue weighted by atomic mass is 10.2. The number of aromatic amines is 1. The molecule has 0 saturated carbocycles. The molecule has 0 amide bonds. The van der Waals surface area contributed by atoms with Crippen LogP contribution in [-0.2, 0) is 11.2 Å². The topological polar surface area (TPSA) is 83.3 Å². The molecule has 3 aromatic heterocycles. The molecular weight excluding hydrogens is 208 g/mol. The second-order valence-electron chi connectivity index (χ2n) is 3.47. The number of pyridine rings is 1. The average molecular weight is 216 g/mol. The fourth-order valence-corrected chi connectivity index (χ4v) is 1.83. The number of nitrogens with one attached hydrogen (secondary N) is 1. The summed E-state index contributed by atoms with van der Waals surface area (Å²) < 4.78 is 1.78. The van der Waals surface area contributed by atoms with Gasteiger partial charge in [0, 0.05) is 18.6 Å². The molecule has 80 valence electrons. The van der Waals surface area contributed by atoms with E-state index in [-0.39, 0.29) is 6.42 Å². The third kappa shape index (κ3) is 1.16. The molecule has 0 fully saturated rings. The number of aromatic nitrogens is 4. The van der Waals surface area contributed by atoms with Gasteiger partial charge >= 0.3 is 5.97 Å². The van der Waals surface area contributed by atoms with E-state index in [4.69, 9.17) is 5.11 Å². The van der Waals surface area contributed by atoms with Gasteiger partial charge in [0.25, 0.3) is 0 Å². The van der Waals surface area contributed by atoms with Crippen LogP contribution in [0.15, 0.2) is 24.7 Å². The molecule has 0 aliphatic carbocycles. The van der Waals surface area contributed by atoms with Crippen molar-refractivity contribution in [1.82, 2.24) is 19.4 Å². The summed E-state index contributed by atoms with van der Waals surface area (Å²) in [6.45, 7) is 0. The maximum absolute atomic E-state index is 10.7. The Kier molecular flexibility index (Phi) is 1.70. The highest BCUT2D eigenvalue weighted by molar-refractivity contribution is 5.84. The third-order valence-corrected chi connectivity index (χ3v) is 2.44. The van der Waals surface area contributed by atoms with Crippen LogP contribution >= 0.6 is 0 Å². The molecule has 0 saturated heterocycles. The van der Waals surface area contributed by atoms with Gasteiger partial charge in [0.2, 0.25) is 5.78 Å². The molecule has 0 bridgehead atoms. The van der Waals surface area contributed by atoms with Crippen LogP contribution < -0.4 is 0 Å². The predicted molar refractivity (Wildman–Crippen MR) is 56.2 cm³/mol. The number of fused-ring (bicyclic) bond motifs is 3. The lowest BCUT2D eigenvalue weighted by Gasteiger charge is -2.00. The van der Waals surface area contributed by atoms with Crippen LogP contribution in [0.3, 0.4) is 0 Å². The van der Waals surface area contributed by atoms with Gasteiger partial charge in [0.1, 0.15) is 0 Å². The molecule has 0 aliphatic heterocycles. The van der Waals surface area contributed by atoms with E-state index >= 15 is 0 Å². The lowest BCUT2D eigenvalue weighted by molar-refractivity contribution is -0.136. The van der Waals surface area contributed by atoms with Crippen molar-refractivity contribution < 1.29 is 9.90 Å². The van der Waals surface area contributed by atoms with E-state index in [2.05, 4.69) is 15.0 Å². The van der Waals surface area contributed by atoms with Crippen molar-refractivity contribution in [3.05, 3.63) is 30.4 Å². The van der Waals surface area contributed by atoms with Crippen LogP contribution in [0.2, 0.25) is 0 Å². The molecule has 3 rings (SSSR count). The van der Waals surface area contributed by atoms with E-state index in [1.807, 2.05) is 0 Å². The number of rotatable bonds is 2. The van der Waals surface area contributed by atoms with Gasteiger partial charge < -0.3 is 10.1 Å². The van der Waals surface area contributed by atoms with Crippen LogP contribution in [0, 0.1) is 0 Å². The first-order chi connectivity index (χ1) is 7.75. The first kappa shape index (κ1) is 8.90. The van der Waals surface area contributed by atoms with E-state index in [1.54, 1.807) is 29.1 Å². The lowest BCUT2D eigenvalue weighted by Crippen LogP contribution is -2.03. The minimum atomic E-state index is -0.877. The Labute approximate surface area is 89.6 Å². The molecule has 0 unspecified atom stereocenters. The number of carboxylic acids is 1. The fraction of sp³-hybridized carbons (Fsp3) is 0.100. The number of hydrogen-bond donors (Lipinski definition) is 2. The van der Waals surface area contributed by atoms with Crippen LogP contribution in [0.4, 0.5) is 0 Å². The molecular formula is C10H8N4O2. The number of aliphatic carboxylic acids is 1. The van der Waals surface area contributed by atoms with Crippen molar-refractivity contribution in [3.63, 3.8) is 0 Å². The summed E-state index contributed by atoms with van der Waals surface area (Å²) in [4.78, 5) is 22.0. The van der Waals surface area contributed by atoms with Gasteiger partial charge in [-0.25, -0.2) is 9.97 Å². The summed E-state index contributed by atoms with van der Waals surface area (Å²) in [5, 5.41) is 8.82. The second-order valence-corrected chi connectivity index (χ2v) is 3.47. The standard InChI is InChI=1S/C10H8N4O2/c15-8(16)5-7-9-6(1-2-11-7)13-10-12-3-4-14(9)10/h1-4,11H,5H2,(H,15,16). The Balaban J connectivity index is 2.37. The molecule has 3 aromatic rings. The van der Waals surface area contributed by atoms with E-state index in [0.29, 0.717) is 11.5 Å². The Bertz CT molecular complexity index is 682. The highest BCUT2D eigenvalue weighted by atomic mass is 16.4. The molecule has 0 aliphatic rings. The summed E-state index contributed by atoms with van der Waals surface area (Å²) >= 11 is 0. The molecule has 3 heterocycles. The number of imidazole rings is 2. The predicted octanol–water partition coefficient (Wildman–Crippen LogP) is 0.838. The molecule has 0 radical (unpaired) electrons. The number of carboxylic acid groups (broad SMARTS) is 1. The quantitative estimate of drug-likeness (QED) is 0.664. The number of hydrogen-bond acceptors (Lipinski definition) is 3. The van der Waals surface area contributed by atoms with Gasteiger partial charge in [-0.2, -0.15) is 0 Å². The highest BCUT2D eigenvalue weighted by Gasteiger charge is 2.12. The van der Waals surface area contributed by atoms with Crippen molar-refractivity contribution >= 4 is 22.8 Å². The third-order valence-electron chi connectivity index (χ3n) is 2.44. The Morgan fingerprint density at radius 1 is 1.56 bits per heavy atom. The van der Waals surface area contributed by atoms with Gasteiger partial charge in [-0.3, -0.25) is 9.20 Å². The summed E-state index contributed by atoms with van der Waals surface area (Å²) in [5.74, 6) is -0.292. The van der Waals surface area contributed by atoms with Crippen LogP contribution in [0.5, 0.6) is 0 Å². The average Bonchev–Trinajstić information content (AvgIpc) is 2.75. The Morgan fingerprint density at radius 3 is 3.25 bits per heavy atom. The van der Waals surface area contributed by atoms with Gasteiger partial charge in [-0.1, -0.05) is 0 Å². The van der Waals surface area contributed by atoms with E-state index in [1.165, 1.54) is 0 Å². The van der Waals surface area contributed by atoms with Gasteiger partial charge in [-0.15, -0.1) is 0 Å². The van der Waals surface area contributed by atoms with Crippen molar-refractivity contribution in [2.24, 2.45) is 0 Å². The SMILES string of the molecule is O=C(O)Cc1[nH]ccc2nc3nccn3c12. The Morgan fingerprint density at radius 2 is 2.44 bits per heavy atom. The first-order valence-corrected chi connectivity index (χ1v) is 4.76. The maximum atomic E-state index is 10.7. The normalized spacial score (nSPS) is 11.2. The smallest absolute Gasteiger partial charge is 0.309 e. The van der Waals surface area contributed by atoms with Crippen LogP contribution in [0.1, 0.15) is 5.69 Å². The van der Waals surface area contributed by atoms with Gasteiger partial charge in [-0.05, 0) is 6.07 Å². The summed E-state index contributed by atoms with van der Waals surface area (Å²) in [6, 6.07) is 1.80. The van der Waals surface area contributed by atoms with Crippen LogP contribution in [0.25, 0.3) is 16.8 Å². The van der Waals surface area contributed by atoms with E-state index in [0.717, 1.165) is 11.0 Å². The fourth-order valence-electron chi connectivity index (χ4n) is 1.83. The van der Waals surface area contributed by atoms with Gasteiger partial charge in [0.05, 0.1) is 23.1 Å². The summed E-state index contributed by atoms with van der Waals surface area (Å²) in [6.07, 6.45) is 5.03. The zero-order valence-electron chi connectivity index (χ0n) is 8.21. The molecule has 0 aromatic carbocycles. The molecule has 0 atom stereocenters. The monoisotopic (exact) mass is 216 g/mol. The van der Waals surface area contributed by atoms with E-state index < -0.39 is 5.97 Å². The summed E-state index contributed by atoms with van der Waals surface area (Å²) in [5.41, 5.74) is 2.15. The zero-order valence-corrected chi connectivity index (χ0v) is 8.21. The highest BCUT2D eigenvalue weighted by Crippen LogP contribution is 2.18. The number of carbonyl (C=O) groups is 1. The molecule has 0 spiro atoms. The zero-order chi connectivity index (χ0) is 11.1. The molecule has 6 nitrogen and oxygen atoms in total. The van der Waals surface area contributed by atoms with Crippen LogP contribution in [-0.4, -0.2) is 30.4 Å². The van der Waals surface area contributed by atoms with Crippen molar-refractivity contribution in [2.75, 3.05) is 0 Å².